The van der Waals surface area contributed by atoms with Crippen LogP contribution in [0.25, 0.3) is 0 Å². The first-order valence-electron chi connectivity index (χ1n) is 6.89. The lowest BCUT2D eigenvalue weighted by molar-refractivity contribution is -0.119. The monoisotopic (exact) mass is 321 g/mol. The average molecular weight is 321 g/mol. The van der Waals surface area contributed by atoms with E-state index >= 15 is 0 Å². The lowest BCUT2D eigenvalue weighted by Gasteiger charge is -2.13. The molecule has 0 radical (unpaired) electrons. The van der Waals surface area contributed by atoms with Crippen molar-refractivity contribution in [1.29, 1.82) is 0 Å². The van der Waals surface area contributed by atoms with E-state index in [1.165, 1.54) is 28.7 Å². The minimum Gasteiger partial charge on any atom is -0.353 e. The Bertz CT molecular complexity index is 571. The summed E-state index contributed by atoms with van der Waals surface area (Å²) in [6.45, 7) is 3.95. The fourth-order valence-electron chi connectivity index (χ4n) is 1.88. The summed E-state index contributed by atoms with van der Waals surface area (Å²) < 4.78 is 0.847. The van der Waals surface area contributed by atoms with Gasteiger partial charge in [0.2, 0.25) is 5.91 Å². The molecule has 0 saturated carbocycles. The highest BCUT2D eigenvalue weighted by Crippen LogP contribution is 2.21. The van der Waals surface area contributed by atoms with Crippen molar-refractivity contribution in [3.8, 4) is 0 Å². The number of hydrogen-bond acceptors (Lipinski definition) is 5. The highest BCUT2D eigenvalue weighted by atomic mass is 32.2. The van der Waals surface area contributed by atoms with Gasteiger partial charge < -0.3 is 5.32 Å². The molecule has 0 saturated heterocycles. The first-order valence-corrected chi connectivity index (χ1v) is 8.70. The van der Waals surface area contributed by atoms with Gasteiger partial charge in [-0.1, -0.05) is 53.4 Å². The molecule has 1 amide bonds. The Kier molecular flexibility index (Phi) is 6.20. The molecule has 112 valence electrons. The second-order valence-electron chi connectivity index (χ2n) is 4.87. The van der Waals surface area contributed by atoms with Crippen molar-refractivity contribution < 1.29 is 4.79 Å². The number of nitrogens with zero attached hydrogens (tertiary/aromatic N) is 2. The molecule has 1 N–H and O–H groups in total. The van der Waals surface area contributed by atoms with Crippen LogP contribution in [0, 0.1) is 6.92 Å². The second kappa shape index (κ2) is 8.14. The molecule has 0 aliphatic carbocycles. The second-order valence-corrected chi connectivity index (χ2v) is 7.27. The standard InChI is InChI=1S/C15H19N3OS2/c1-11(8-9-13-6-4-3-5-7-13)16-14(19)10-20-15-18-17-12(2)21-15/h3-7,11H,8-10H2,1-2H3,(H,16,19)/t11-/m0/s1. The van der Waals surface area contributed by atoms with E-state index in [1.54, 1.807) is 0 Å². The normalized spacial score (nSPS) is 12.1. The predicted molar refractivity (Wildman–Crippen MR) is 87.7 cm³/mol. The van der Waals surface area contributed by atoms with Crippen LogP contribution in [0.2, 0.25) is 0 Å². The zero-order valence-electron chi connectivity index (χ0n) is 12.2. The zero-order valence-corrected chi connectivity index (χ0v) is 13.8. The summed E-state index contributed by atoms with van der Waals surface area (Å²) in [4.78, 5) is 11.9. The van der Waals surface area contributed by atoms with Crippen LogP contribution in [-0.4, -0.2) is 27.9 Å². The summed E-state index contributed by atoms with van der Waals surface area (Å²) in [5.74, 6) is 0.443. The fourth-order valence-corrected chi connectivity index (χ4v) is 3.51. The van der Waals surface area contributed by atoms with Crippen molar-refractivity contribution in [2.75, 3.05) is 5.75 Å². The number of hydrogen-bond donors (Lipinski definition) is 1. The third-order valence-electron chi connectivity index (χ3n) is 2.95. The summed E-state index contributed by atoms with van der Waals surface area (Å²) in [5.41, 5.74) is 1.30. The van der Waals surface area contributed by atoms with Gasteiger partial charge in [-0.2, -0.15) is 0 Å². The molecular weight excluding hydrogens is 302 g/mol. The van der Waals surface area contributed by atoms with E-state index in [-0.39, 0.29) is 11.9 Å². The molecular formula is C15H19N3OS2. The topological polar surface area (TPSA) is 54.9 Å². The SMILES string of the molecule is Cc1nnc(SCC(=O)N[C@@H](C)CCc2ccccc2)s1. The molecule has 2 rings (SSSR count). The molecule has 0 fully saturated rings. The number of amides is 1. The number of carbonyl (C=O) groups excluding carboxylic acids is 1. The quantitative estimate of drug-likeness (QED) is 0.796. The first kappa shape index (κ1) is 16.0. The molecule has 1 heterocycles. The van der Waals surface area contributed by atoms with Crippen molar-refractivity contribution in [3.05, 3.63) is 40.9 Å². The number of carbonyl (C=O) groups is 1. The van der Waals surface area contributed by atoms with E-state index in [9.17, 15) is 4.79 Å². The fraction of sp³-hybridized carbons (Fsp3) is 0.400. The van der Waals surface area contributed by atoms with Crippen LogP contribution in [-0.2, 0) is 11.2 Å². The lowest BCUT2D eigenvalue weighted by atomic mass is 10.1. The maximum absolute atomic E-state index is 11.9. The Morgan fingerprint density at radius 2 is 2.10 bits per heavy atom. The number of benzene rings is 1. The van der Waals surface area contributed by atoms with Crippen LogP contribution in [0.1, 0.15) is 23.9 Å². The Balaban J connectivity index is 1.67. The summed E-state index contributed by atoms with van der Waals surface area (Å²) in [7, 11) is 0. The summed E-state index contributed by atoms with van der Waals surface area (Å²) in [6.07, 6.45) is 1.92. The Labute approximate surface area is 133 Å². The minimum absolute atomic E-state index is 0.0495. The van der Waals surface area contributed by atoms with Crippen LogP contribution in [0.15, 0.2) is 34.7 Å². The highest BCUT2D eigenvalue weighted by molar-refractivity contribution is 8.01. The maximum Gasteiger partial charge on any atom is 0.230 e. The van der Waals surface area contributed by atoms with Gasteiger partial charge >= 0.3 is 0 Å². The van der Waals surface area contributed by atoms with E-state index in [0.717, 1.165) is 22.2 Å². The smallest absolute Gasteiger partial charge is 0.230 e. The average Bonchev–Trinajstić information content (AvgIpc) is 2.90. The number of thioether (sulfide) groups is 1. The molecule has 0 aliphatic heterocycles. The third kappa shape index (κ3) is 5.85. The Morgan fingerprint density at radius 1 is 1.33 bits per heavy atom. The van der Waals surface area contributed by atoms with Crippen molar-refractivity contribution in [3.63, 3.8) is 0 Å². The lowest BCUT2D eigenvalue weighted by Crippen LogP contribution is -2.34. The van der Waals surface area contributed by atoms with Crippen molar-refractivity contribution in [2.45, 2.75) is 37.1 Å². The predicted octanol–water partition coefficient (Wildman–Crippen LogP) is 3.08. The van der Waals surface area contributed by atoms with Crippen molar-refractivity contribution >= 4 is 29.0 Å². The summed E-state index contributed by atoms with van der Waals surface area (Å²) >= 11 is 2.96. The highest BCUT2D eigenvalue weighted by Gasteiger charge is 2.09. The number of rotatable bonds is 7. The van der Waals surface area contributed by atoms with Crippen LogP contribution < -0.4 is 5.32 Å². The van der Waals surface area contributed by atoms with Crippen LogP contribution in [0.4, 0.5) is 0 Å². The van der Waals surface area contributed by atoms with Gasteiger partial charge in [0, 0.05) is 6.04 Å². The molecule has 6 heteroatoms. The van der Waals surface area contributed by atoms with Gasteiger partial charge in [-0.25, -0.2) is 0 Å². The molecule has 0 bridgehead atoms. The van der Waals surface area contributed by atoms with Gasteiger partial charge in [0.15, 0.2) is 4.34 Å². The van der Waals surface area contributed by atoms with Crippen LogP contribution in [0.5, 0.6) is 0 Å². The largest absolute Gasteiger partial charge is 0.353 e. The minimum atomic E-state index is 0.0495. The molecule has 1 atom stereocenters. The molecule has 0 spiro atoms. The Hall–Kier alpha value is -1.40. The van der Waals surface area contributed by atoms with E-state index < -0.39 is 0 Å². The number of aryl methyl sites for hydroxylation is 2. The summed E-state index contributed by atoms with van der Waals surface area (Å²) in [5, 5.41) is 11.9. The van der Waals surface area contributed by atoms with Crippen molar-refractivity contribution in [1.82, 2.24) is 15.5 Å². The Morgan fingerprint density at radius 3 is 2.76 bits per heavy atom. The van der Waals surface area contributed by atoms with Crippen LogP contribution >= 0.6 is 23.1 Å². The molecule has 0 unspecified atom stereocenters. The van der Waals surface area contributed by atoms with Gasteiger partial charge in [-0.3, -0.25) is 4.79 Å². The molecule has 1 aromatic carbocycles. The van der Waals surface area contributed by atoms with E-state index in [2.05, 4.69) is 27.6 Å². The molecule has 21 heavy (non-hydrogen) atoms. The first-order chi connectivity index (χ1) is 10.1. The number of nitrogens with one attached hydrogen (secondary N) is 1. The van der Waals surface area contributed by atoms with Gasteiger partial charge in [0.25, 0.3) is 0 Å². The van der Waals surface area contributed by atoms with Gasteiger partial charge in [-0.05, 0) is 32.3 Å². The molecule has 0 aliphatic rings. The maximum atomic E-state index is 11.9. The van der Waals surface area contributed by atoms with Gasteiger partial charge in [0.1, 0.15) is 5.01 Å². The molecule has 1 aromatic heterocycles. The van der Waals surface area contributed by atoms with Crippen LogP contribution in [0.3, 0.4) is 0 Å². The third-order valence-corrected chi connectivity index (χ3v) is 4.92. The zero-order chi connectivity index (χ0) is 15.1. The number of aromatic nitrogens is 2. The van der Waals surface area contributed by atoms with E-state index in [0.29, 0.717) is 5.75 Å². The van der Waals surface area contributed by atoms with Gasteiger partial charge in [-0.15, -0.1) is 10.2 Å². The van der Waals surface area contributed by atoms with Gasteiger partial charge in [0.05, 0.1) is 5.75 Å². The van der Waals surface area contributed by atoms with E-state index in [1.807, 2.05) is 32.0 Å². The molecule has 2 aromatic rings. The van der Waals surface area contributed by atoms with Crippen molar-refractivity contribution in [2.24, 2.45) is 0 Å². The molecule has 4 nitrogen and oxygen atoms in total. The summed E-state index contributed by atoms with van der Waals surface area (Å²) in [6, 6.07) is 10.5. The van der Waals surface area contributed by atoms with E-state index in [4.69, 9.17) is 0 Å².